The molecule has 1 N–H and O–H groups in total. The summed E-state index contributed by atoms with van der Waals surface area (Å²) in [5.41, 5.74) is 4.37. The van der Waals surface area contributed by atoms with Crippen LogP contribution in [0.15, 0.2) is 48.5 Å². The molecule has 1 saturated heterocycles. The molecule has 2 aliphatic rings. The van der Waals surface area contributed by atoms with Crippen LogP contribution in [-0.2, 0) is 11.8 Å². The first-order valence-corrected chi connectivity index (χ1v) is 9.14. The summed E-state index contributed by atoms with van der Waals surface area (Å²) in [6.07, 6.45) is 2.24. The van der Waals surface area contributed by atoms with Crippen LogP contribution in [0.4, 0.5) is 0 Å². The van der Waals surface area contributed by atoms with Gasteiger partial charge in [0.05, 0.1) is 0 Å². The standard InChI is InChI=1S/C22H27NO/c1-15-21-13-18-9-10-19(24)14-20(18)22(15,3)11-12-23(21)16(2)17-7-5-4-6-8-17/h4-10,14-16,21,24H,11-13H2,1-3H3/t15-,16-,21-,22+/m0/s1. The van der Waals surface area contributed by atoms with Gasteiger partial charge in [0.2, 0.25) is 0 Å². The number of phenols is 1. The van der Waals surface area contributed by atoms with Gasteiger partial charge >= 0.3 is 0 Å². The molecule has 24 heavy (non-hydrogen) atoms. The molecule has 0 aromatic heterocycles. The first kappa shape index (κ1) is 15.7. The zero-order valence-electron chi connectivity index (χ0n) is 14.9. The van der Waals surface area contributed by atoms with Crippen LogP contribution in [0.25, 0.3) is 0 Å². The molecule has 2 heteroatoms. The molecule has 2 aromatic rings. The molecular weight excluding hydrogens is 294 g/mol. The lowest BCUT2D eigenvalue weighted by atomic mass is 9.58. The Morgan fingerprint density at radius 2 is 1.92 bits per heavy atom. The van der Waals surface area contributed by atoms with Gasteiger partial charge in [-0.1, -0.05) is 50.2 Å². The molecule has 2 bridgehead atoms. The van der Waals surface area contributed by atoms with Crippen LogP contribution in [0.5, 0.6) is 5.75 Å². The van der Waals surface area contributed by atoms with Gasteiger partial charge in [-0.2, -0.15) is 0 Å². The summed E-state index contributed by atoms with van der Waals surface area (Å²) in [7, 11) is 0. The van der Waals surface area contributed by atoms with Gasteiger partial charge in [0.15, 0.2) is 0 Å². The minimum atomic E-state index is 0.171. The lowest BCUT2D eigenvalue weighted by molar-refractivity contribution is 0.00554. The Morgan fingerprint density at radius 3 is 2.67 bits per heavy atom. The number of likely N-dealkylation sites (tertiary alicyclic amines) is 1. The van der Waals surface area contributed by atoms with Gasteiger partial charge in [-0.05, 0) is 66.5 Å². The average Bonchev–Trinajstić information content (AvgIpc) is 2.59. The predicted molar refractivity (Wildman–Crippen MR) is 98.3 cm³/mol. The number of nitrogens with zero attached hydrogens (tertiary/aromatic N) is 1. The minimum Gasteiger partial charge on any atom is -0.508 e. The normalized spacial score (nSPS) is 30.6. The maximum absolute atomic E-state index is 9.96. The van der Waals surface area contributed by atoms with Crippen LogP contribution in [-0.4, -0.2) is 22.6 Å². The van der Waals surface area contributed by atoms with E-state index in [2.05, 4.69) is 62.1 Å². The van der Waals surface area contributed by atoms with E-state index in [0.717, 1.165) is 19.4 Å². The molecule has 0 spiro atoms. The Balaban J connectivity index is 1.71. The number of fused-ring (bicyclic) bond motifs is 4. The molecule has 2 aromatic carbocycles. The molecule has 4 atom stereocenters. The van der Waals surface area contributed by atoms with Crippen molar-refractivity contribution in [2.24, 2.45) is 5.92 Å². The third-order valence-corrected chi connectivity index (χ3v) is 6.81. The van der Waals surface area contributed by atoms with E-state index in [0.29, 0.717) is 23.8 Å². The second-order valence-corrected chi connectivity index (χ2v) is 7.89. The number of piperidine rings is 1. The highest BCUT2D eigenvalue weighted by molar-refractivity contribution is 5.44. The van der Waals surface area contributed by atoms with Crippen molar-refractivity contribution in [2.75, 3.05) is 6.54 Å². The Morgan fingerprint density at radius 1 is 1.17 bits per heavy atom. The summed E-state index contributed by atoms with van der Waals surface area (Å²) in [6, 6.07) is 17.9. The number of hydrogen-bond donors (Lipinski definition) is 1. The van der Waals surface area contributed by atoms with Crippen LogP contribution >= 0.6 is 0 Å². The first-order valence-electron chi connectivity index (χ1n) is 9.14. The summed E-state index contributed by atoms with van der Waals surface area (Å²) >= 11 is 0. The van der Waals surface area contributed by atoms with E-state index < -0.39 is 0 Å². The van der Waals surface area contributed by atoms with Gasteiger partial charge in [-0.3, -0.25) is 4.90 Å². The number of benzene rings is 2. The second kappa shape index (κ2) is 5.63. The van der Waals surface area contributed by atoms with E-state index >= 15 is 0 Å². The number of phenolic OH excluding ortho intramolecular Hbond substituents is 1. The maximum Gasteiger partial charge on any atom is 0.115 e. The third-order valence-electron chi connectivity index (χ3n) is 6.81. The third kappa shape index (κ3) is 2.28. The van der Waals surface area contributed by atoms with Gasteiger partial charge in [-0.15, -0.1) is 0 Å². The Labute approximate surface area is 145 Å². The fourth-order valence-electron chi connectivity index (χ4n) is 5.04. The molecular formula is C22H27NO. The molecule has 0 amide bonds. The van der Waals surface area contributed by atoms with Crippen molar-refractivity contribution in [3.63, 3.8) is 0 Å². The molecule has 0 radical (unpaired) electrons. The Bertz CT molecular complexity index is 741. The SMILES string of the molecule is C[C@@H](c1ccccc1)N1CC[C@@]2(C)c3cc(O)ccc3C[C@H]1[C@@H]2C. The van der Waals surface area contributed by atoms with Crippen molar-refractivity contribution < 1.29 is 5.11 Å². The molecule has 4 rings (SSSR count). The van der Waals surface area contributed by atoms with E-state index in [-0.39, 0.29) is 5.41 Å². The second-order valence-electron chi connectivity index (χ2n) is 7.89. The van der Waals surface area contributed by atoms with Crippen molar-refractivity contribution in [2.45, 2.75) is 51.1 Å². The highest BCUT2D eigenvalue weighted by Crippen LogP contribution is 2.50. The van der Waals surface area contributed by atoms with Crippen molar-refractivity contribution >= 4 is 0 Å². The van der Waals surface area contributed by atoms with E-state index in [1.807, 2.05) is 12.1 Å². The van der Waals surface area contributed by atoms with Crippen LogP contribution in [0.3, 0.4) is 0 Å². The summed E-state index contributed by atoms with van der Waals surface area (Å²) < 4.78 is 0. The van der Waals surface area contributed by atoms with Gasteiger partial charge < -0.3 is 5.11 Å². The lowest BCUT2D eigenvalue weighted by Crippen LogP contribution is -2.58. The Hall–Kier alpha value is -1.80. The van der Waals surface area contributed by atoms with Crippen molar-refractivity contribution in [3.05, 3.63) is 65.2 Å². The summed E-state index contributed by atoms with van der Waals surface area (Å²) in [4.78, 5) is 2.71. The van der Waals surface area contributed by atoms with Gasteiger partial charge in [0.25, 0.3) is 0 Å². The fraction of sp³-hybridized carbons (Fsp3) is 0.455. The smallest absolute Gasteiger partial charge is 0.115 e. The van der Waals surface area contributed by atoms with Crippen molar-refractivity contribution in [1.82, 2.24) is 4.90 Å². The molecule has 126 valence electrons. The van der Waals surface area contributed by atoms with Crippen molar-refractivity contribution in [1.29, 1.82) is 0 Å². The van der Waals surface area contributed by atoms with E-state index in [1.165, 1.54) is 16.7 Å². The number of aromatic hydroxyl groups is 1. The molecule has 0 saturated carbocycles. The van der Waals surface area contributed by atoms with E-state index in [4.69, 9.17) is 0 Å². The van der Waals surface area contributed by atoms with Crippen LogP contribution in [0.1, 0.15) is 49.9 Å². The summed E-state index contributed by atoms with van der Waals surface area (Å²) in [6.45, 7) is 8.27. The first-order chi connectivity index (χ1) is 11.5. The summed E-state index contributed by atoms with van der Waals surface area (Å²) in [5.74, 6) is 0.993. The molecule has 2 nitrogen and oxygen atoms in total. The van der Waals surface area contributed by atoms with Gasteiger partial charge in [0.1, 0.15) is 5.75 Å². The van der Waals surface area contributed by atoms with Crippen molar-refractivity contribution in [3.8, 4) is 5.75 Å². The van der Waals surface area contributed by atoms with Gasteiger partial charge in [0, 0.05) is 12.1 Å². The summed E-state index contributed by atoms with van der Waals surface area (Å²) in [5, 5.41) is 9.96. The molecule has 1 heterocycles. The highest BCUT2D eigenvalue weighted by Gasteiger charge is 2.49. The van der Waals surface area contributed by atoms with Gasteiger partial charge in [-0.25, -0.2) is 0 Å². The fourth-order valence-corrected chi connectivity index (χ4v) is 5.04. The van der Waals surface area contributed by atoms with E-state index in [1.54, 1.807) is 0 Å². The largest absolute Gasteiger partial charge is 0.508 e. The van der Waals surface area contributed by atoms with E-state index in [9.17, 15) is 5.11 Å². The molecule has 1 aliphatic carbocycles. The molecule has 1 fully saturated rings. The van der Waals surface area contributed by atoms with Crippen LogP contribution in [0.2, 0.25) is 0 Å². The number of hydrogen-bond acceptors (Lipinski definition) is 2. The highest BCUT2D eigenvalue weighted by atomic mass is 16.3. The monoisotopic (exact) mass is 321 g/mol. The quantitative estimate of drug-likeness (QED) is 0.868. The lowest BCUT2D eigenvalue weighted by Gasteiger charge is -2.56. The van der Waals surface area contributed by atoms with Crippen LogP contribution in [0, 0.1) is 5.92 Å². The Kier molecular flexibility index (Phi) is 3.69. The zero-order chi connectivity index (χ0) is 16.9. The predicted octanol–water partition coefficient (Wildman–Crippen LogP) is 4.68. The topological polar surface area (TPSA) is 23.5 Å². The maximum atomic E-state index is 9.96. The molecule has 1 aliphatic heterocycles. The number of rotatable bonds is 2. The molecule has 0 unspecified atom stereocenters. The minimum absolute atomic E-state index is 0.171. The van der Waals surface area contributed by atoms with Crippen LogP contribution < -0.4 is 0 Å². The average molecular weight is 321 g/mol. The zero-order valence-corrected chi connectivity index (χ0v) is 14.9.